The molecule has 0 saturated carbocycles. The first-order valence-electron chi connectivity index (χ1n) is 7.43. The number of fused-ring (bicyclic) bond motifs is 1. The lowest BCUT2D eigenvalue weighted by molar-refractivity contribution is 0.904. The summed E-state index contributed by atoms with van der Waals surface area (Å²) in [6.07, 6.45) is 0. The first kappa shape index (κ1) is 12.8. The van der Waals surface area contributed by atoms with Crippen LogP contribution < -0.4 is 0 Å². The van der Waals surface area contributed by atoms with Crippen molar-refractivity contribution < 1.29 is 0 Å². The van der Waals surface area contributed by atoms with E-state index in [-0.39, 0.29) is 0 Å². The lowest BCUT2D eigenvalue weighted by Crippen LogP contribution is -1.98. The number of benzene rings is 3. The molecule has 4 rings (SSSR count). The second-order valence-electron chi connectivity index (χ2n) is 5.48. The second kappa shape index (κ2) is 5.15. The molecule has 0 spiro atoms. The van der Waals surface area contributed by atoms with E-state index in [0.29, 0.717) is 0 Å². The lowest BCUT2D eigenvalue weighted by atomic mass is 10.1. The van der Waals surface area contributed by atoms with Crippen LogP contribution in [0.4, 0.5) is 0 Å². The highest BCUT2D eigenvalue weighted by molar-refractivity contribution is 5.94. The van der Waals surface area contributed by atoms with Crippen LogP contribution >= 0.6 is 0 Å². The smallest absolute Gasteiger partial charge is 0.0934 e. The molecule has 0 saturated heterocycles. The Hall–Kier alpha value is -2.87. The van der Waals surface area contributed by atoms with Gasteiger partial charge in [-0.1, -0.05) is 66.2 Å². The maximum absolute atomic E-state index is 4.80. The molecule has 0 aliphatic heterocycles. The fourth-order valence-electron chi connectivity index (χ4n) is 2.78. The average molecular weight is 284 g/mol. The van der Waals surface area contributed by atoms with Crippen molar-refractivity contribution in [1.82, 2.24) is 9.78 Å². The van der Waals surface area contributed by atoms with E-state index in [1.54, 1.807) is 0 Å². The normalized spacial score (nSPS) is 11.0. The summed E-state index contributed by atoms with van der Waals surface area (Å²) < 4.78 is 2.04. The highest BCUT2D eigenvalue weighted by Gasteiger charge is 2.13. The third-order valence-corrected chi connectivity index (χ3v) is 3.90. The van der Waals surface area contributed by atoms with Gasteiger partial charge in [0.1, 0.15) is 0 Å². The highest BCUT2D eigenvalue weighted by atomic mass is 15.3. The Morgan fingerprint density at radius 2 is 1.41 bits per heavy atom. The molecule has 0 fully saturated rings. The molecule has 0 atom stereocenters. The summed E-state index contributed by atoms with van der Waals surface area (Å²) in [5, 5.41) is 5.97. The summed E-state index contributed by atoms with van der Waals surface area (Å²) >= 11 is 0. The monoisotopic (exact) mass is 284 g/mol. The zero-order chi connectivity index (χ0) is 14.9. The standard InChI is InChI=1S/C20H16N2/c1-15-11-13-16(14-12-15)20-18-9-5-6-10-19(18)21-22(20)17-7-3-2-4-8-17/h2-14H,1H3. The quantitative estimate of drug-likeness (QED) is 0.506. The van der Waals surface area contributed by atoms with Gasteiger partial charge in [0.05, 0.1) is 16.9 Å². The first-order chi connectivity index (χ1) is 10.8. The van der Waals surface area contributed by atoms with Gasteiger partial charge in [0.2, 0.25) is 0 Å². The van der Waals surface area contributed by atoms with Gasteiger partial charge in [-0.15, -0.1) is 0 Å². The summed E-state index contributed by atoms with van der Waals surface area (Å²) in [4.78, 5) is 0. The van der Waals surface area contributed by atoms with Gasteiger partial charge < -0.3 is 0 Å². The van der Waals surface area contributed by atoms with Gasteiger partial charge in [-0.05, 0) is 25.1 Å². The van der Waals surface area contributed by atoms with Gasteiger partial charge in [-0.25, -0.2) is 4.68 Å². The largest absolute Gasteiger partial charge is 0.232 e. The Labute approximate surface area is 129 Å². The number of rotatable bonds is 2. The van der Waals surface area contributed by atoms with E-state index in [1.165, 1.54) is 16.5 Å². The molecular weight excluding hydrogens is 268 g/mol. The van der Waals surface area contributed by atoms with Crippen molar-refractivity contribution in [2.45, 2.75) is 6.92 Å². The zero-order valence-corrected chi connectivity index (χ0v) is 12.4. The SMILES string of the molecule is Cc1ccc(-c2c3ccccc3nn2-c2ccccc2)cc1. The molecule has 0 aliphatic carbocycles. The first-order valence-corrected chi connectivity index (χ1v) is 7.43. The average Bonchev–Trinajstić information content (AvgIpc) is 2.96. The number of para-hydroxylation sites is 1. The van der Waals surface area contributed by atoms with E-state index in [1.807, 2.05) is 28.9 Å². The topological polar surface area (TPSA) is 17.8 Å². The molecule has 1 aromatic heterocycles. The maximum Gasteiger partial charge on any atom is 0.0934 e. The van der Waals surface area contributed by atoms with E-state index in [2.05, 4.69) is 61.5 Å². The van der Waals surface area contributed by atoms with Crippen molar-refractivity contribution in [2.24, 2.45) is 0 Å². The molecule has 1 heterocycles. The molecule has 106 valence electrons. The molecule has 4 aromatic rings. The predicted octanol–water partition coefficient (Wildman–Crippen LogP) is 5.00. The summed E-state index contributed by atoms with van der Waals surface area (Å²) in [6, 6.07) is 27.2. The van der Waals surface area contributed by atoms with Crippen molar-refractivity contribution in [3.8, 4) is 16.9 Å². The molecule has 3 aromatic carbocycles. The number of aryl methyl sites for hydroxylation is 1. The number of aromatic nitrogens is 2. The predicted molar refractivity (Wildman–Crippen MR) is 91.2 cm³/mol. The molecule has 0 unspecified atom stereocenters. The minimum absolute atomic E-state index is 1.02. The van der Waals surface area contributed by atoms with Crippen LogP contribution in [-0.4, -0.2) is 9.78 Å². The van der Waals surface area contributed by atoms with Crippen LogP contribution in [0.15, 0.2) is 78.9 Å². The number of hydrogen-bond donors (Lipinski definition) is 0. The summed E-state index contributed by atoms with van der Waals surface area (Å²) in [7, 11) is 0. The molecule has 0 radical (unpaired) electrons. The molecular formula is C20H16N2. The van der Waals surface area contributed by atoms with Crippen LogP contribution in [0.3, 0.4) is 0 Å². The van der Waals surface area contributed by atoms with E-state index in [9.17, 15) is 0 Å². The molecule has 2 heteroatoms. The van der Waals surface area contributed by atoms with Crippen LogP contribution in [-0.2, 0) is 0 Å². The lowest BCUT2D eigenvalue weighted by Gasteiger charge is -2.08. The van der Waals surface area contributed by atoms with Crippen molar-refractivity contribution in [1.29, 1.82) is 0 Å². The van der Waals surface area contributed by atoms with Crippen LogP contribution in [0.1, 0.15) is 5.56 Å². The third kappa shape index (κ3) is 2.09. The minimum Gasteiger partial charge on any atom is -0.232 e. The Morgan fingerprint density at radius 3 is 2.18 bits per heavy atom. The van der Waals surface area contributed by atoms with Crippen molar-refractivity contribution in [2.75, 3.05) is 0 Å². The Kier molecular flexibility index (Phi) is 3.01. The van der Waals surface area contributed by atoms with Gasteiger partial charge in [0, 0.05) is 10.9 Å². The summed E-state index contributed by atoms with van der Waals surface area (Å²) in [5.41, 5.74) is 5.68. The maximum atomic E-state index is 4.80. The number of hydrogen-bond acceptors (Lipinski definition) is 1. The van der Waals surface area contributed by atoms with Crippen molar-refractivity contribution in [3.63, 3.8) is 0 Å². The van der Waals surface area contributed by atoms with Crippen LogP contribution in [0, 0.1) is 6.92 Å². The minimum atomic E-state index is 1.02. The fraction of sp³-hybridized carbons (Fsp3) is 0.0500. The van der Waals surface area contributed by atoms with Gasteiger partial charge in [0.15, 0.2) is 0 Å². The zero-order valence-electron chi connectivity index (χ0n) is 12.4. The van der Waals surface area contributed by atoms with E-state index in [4.69, 9.17) is 5.10 Å². The molecule has 0 bridgehead atoms. The summed E-state index contributed by atoms with van der Waals surface area (Å²) in [5.74, 6) is 0. The van der Waals surface area contributed by atoms with Crippen molar-refractivity contribution >= 4 is 10.9 Å². The van der Waals surface area contributed by atoms with Gasteiger partial charge in [-0.3, -0.25) is 0 Å². The van der Waals surface area contributed by atoms with Gasteiger partial charge >= 0.3 is 0 Å². The molecule has 0 amide bonds. The third-order valence-electron chi connectivity index (χ3n) is 3.90. The van der Waals surface area contributed by atoms with E-state index < -0.39 is 0 Å². The van der Waals surface area contributed by atoms with Crippen molar-refractivity contribution in [3.05, 3.63) is 84.4 Å². The Morgan fingerprint density at radius 1 is 0.727 bits per heavy atom. The van der Waals surface area contributed by atoms with E-state index >= 15 is 0 Å². The highest BCUT2D eigenvalue weighted by Crippen LogP contribution is 2.31. The second-order valence-corrected chi connectivity index (χ2v) is 5.48. The van der Waals surface area contributed by atoms with Gasteiger partial charge in [0.25, 0.3) is 0 Å². The van der Waals surface area contributed by atoms with Crippen LogP contribution in [0.2, 0.25) is 0 Å². The number of nitrogens with zero attached hydrogens (tertiary/aromatic N) is 2. The van der Waals surface area contributed by atoms with Crippen LogP contribution in [0.5, 0.6) is 0 Å². The molecule has 0 aliphatic rings. The molecule has 2 nitrogen and oxygen atoms in total. The Bertz CT molecular complexity index is 919. The van der Waals surface area contributed by atoms with Crippen LogP contribution in [0.25, 0.3) is 27.8 Å². The Balaban J connectivity index is 2.04. The molecule has 22 heavy (non-hydrogen) atoms. The fourth-order valence-corrected chi connectivity index (χ4v) is 2.78. The summed E-state index contributed by atoms with van der Waals surface area (Å²) in [6.45, 7) is 2.11. The van der Waals surface area contributed by atoms with Gasteiger partial charge in [-0.2, -0.15) is 5.10 Å². The van der Waals surface area contributed by atoms with E-state index in [0.717, 1.165) is 16.9 Å². The molecule has 0 N–H and O–H groups in total.